The number of aromatic nitrogens is 3. The Morgan fingerprint density at radius 2 is 2.16 bits per heavy atom. The van der Waals surface area contributed by atoms with Crippen molar-refractivity contribution in [3.05, 3.63) is 57.7 Å². The molecule has 1 amide bonds. The average Bonchev–Trinajstić information content (AvgIpc) is 2.99. The molecule has 0 fully saturated rings. The number of amides is 1. The zero-order valence-corrected chi connectivity index (χ0v) is 14.5. The lowest BCUT2D eigenvalue weighted by Crippen LogP contribution is -2.22. The van der Waals surface area contributed by atoms with Crippen molar-refractivity contribution < 1.29 is 9.72 Å². The molecule has 0 aliphatic heterocycles. The minimum absolute atomic E-state index is 0.104. The van der Waals surface area contributed by atoms with Crippen LogP contribution in [0.2, 0.25) is 5.02 Å². The molecule has 1 N–H and O–H groups in total. The second kappa shape index (κ2) is 7.08. The van der Waals surface area contributed by atoms with Crippen LogP contribution in [0.3, 0.4) is 0 Å². The maximum Gasteiger partial charge on any atom is 0.271 e. The number of pyridine rings is 1. The number of hydrogen-bond acceptors (Lipinski definition) is 6. The molecule has 3 rings (SSSR count). The summed E-state index contributed by atoms with van der Waals surface area (Å²) in [6.07, 6.45) is 1.81. The number of nitro benzene ring substituents is 1. The molecule has 0 bridgehead atoms. The van der Waals surface area contributed by atoms with Gasteiger partial charge in [-0.1, -0.05) is 29.4 Å². The predicted octanol–water partition coefficient (Wildman–Crippen LogP) is 3.41. The minimum atomic E-state index is -0.549. The lowest BCUT2D eigenvalue weighted by atomic mass is 10.2. The number of nitrogens with zero attached hydrogens (tertiary/aromatic N) is 4. The Hall–Kier alpha value is -2.65. The molecule has 25 heavy (non-hydrogen) atoms. The third kappa shape index (κ3) is 3.72. The molecular weight excluding hydrogens is 366 g/mol. The van der Waals surface area contributed by atoms with Crippen molar-refractivity contribution in [3.63, 3.8) is 0 Å². The lowest BCUT2D eigenvalue weighted by molar-refractivity contribution is -0.384. The number of anilines is 1. The first-order chi connectivity index (χ1) is 12.0. The Balaban J connectivity index is 1.72. The van der Waals surface area contributed by atoms with Crippen LogP contribution in [0, 0.1) is 10.1 Å². The Labute approximate surface area is 151 Å². The molecule has 2 aromatic heterocycles. The van der Waals surface area contributed by atoms with Gasteiger partial charge in [0.1, 0.15) is 0 Å². The van der Waals surface area contributed by atoms with Gasteiger partial charge in [0.05, 0.1) is 20.9 Å². The number of carbonyl (C=O) groups excluding carboxylic acids is 1. The van der Waals surface area contributed by atoms with Gasteiger partial charge < -0.3 is 5.32 Å². The first kappa shape index (κ1) is 17.2. The molecule has 0 aliphatic rings. The summed E-state index contributed by atoms with van der Waals surface area (Å²) in [5, 5.41) is 21.7. The van der Waals surface area contributed by atoms with Crippen molar-refractivity contribution in [2.24, 2.45) is 0 Å². The molecule has 8 nitrogen and oxygen atoms in total. The molecular formula is C15H12ClN5O3S. The fourth-order valence-electron chi connectivity index (χ4n) is 2.06. The molecule has 3 aromatic rings. The minimum Gasteiger partial charge on any atom is -0.324 e. The van der Waals surface area contributed by atoms with Crippen LogP contribution in [0.4, 0.5) is 11.4 Å². The van der Waals surface area contributed by atoms with E-state index >= 15 is 0 Å². The van der Waals surface area contributed by atoms with Crippen molar-refractivity contribution in [1.29, 1.82) is 0 Å². The monoisotopic (exact) mass is 377 g/mol. The van der Waals surface area contributed by atoms with Crippen molar-refractivity contribution in [2.45, 2.75) is 17.3 Å². The molecule has 1 atom stereocenters. The summed E-state index contributed by atoms with van der Waals surface area (Å²) in [5.41, 5.74) is 0.868. The molecule has 128 valence electrons. The van der Waals surface area contributed by atoms with Crippen LogP contribution in [-0.2, 0) is 4.79 Å². The van der Waals surface area contributed by atoms with E-state index in [1.165, 1.54) is 30.0 Å². The van der Waals surface area contributed by atoms with E-state index in [2.05, 4.69) is 15.5 Å². The number of nitrogens with one attached hydrogen (secondary N) is 1. The van der Waals surface area contributed by atoms with Crippen LogP contribution in [0.15, 0.2) is 47.8 Å². The van der Waals surface area contributed by atoms with Gasteiger partial charge in [-0.15, -0.1) is 10.2 Å². The number of hydrogen-bond donors (Lipinski definition) is 1. The number of carbonyl (C=O) groups is 1. The van der Waals surface area contributed by atoms with Crippen LogP contribution in [0.5, 0.6) is 0 Å². The number of non-ortho nitro benzene ring substituents is 1. The van der Waals surface area contributed by atoms with E-state index in [0.717, 1.165) is 0 Å². The molecule has 0 saturated carbocycles. The van der Waals surface area contributed by atoms with Crippen molar-refractivity contribution in [3.8, 4) is 0 Å². The third-order valence-corrected chi connectivity index (χ3v) is 4.72. The van der Waals surface area contributed by atoms with E-state index < -0.39 is 10.2 Å². The van der Waals surface area contributed by atoms with E-state index in [1.807, 2.05) is 24.4 Å². The number of nitro groups is 1. The number of fused-ring (bicyclic) bond motifs is 1. The van der Waals surface area contributed by atoms with Crippen molar-refractivity contribution in [2.75, 3.05) is 5.32 Å². The standard InChI is InChI=1S/C15H12ClN5O3S/c1-9(25-15-19-18-13-4-2-3-7-20(13)15)14(22)17-12-6-5-10(21(23)24)8-11(12)16/h2-9H,1H3,(H,17,22)/t9-/m1/s1. The zero-order valence-electron chi connectivity index (χ0n) is 12.9. The van der Waals surface area contributed by atoms with Crippen LogP contribution in [0.25, 0.3) is 5.65 Å². The summed E-state index contributed by atoms with van der Waals surface area (Å²) in [5.74, 6) is -0.298. The molecule has 2 heterocycles. The van der Waals surface area contributed by atoms with Gasteiger partial charge in [-0.2, -0.15) is 0 Å². The van der Waals surface area contributed by atoms with Crippen molar-refractivity contribution >= 4 is 46.3 Å². The first-order valence-electron chi connectivity index (χ1n) is 7.17. The molecule has 0 saturated heterocycles. The number of benzene rings is 1. The quantitative estimate of drug-likeness (QED) is 0.415. The highest BCUT2D eigenvalue weighted by Crippen LogP contribution is 2.28. The van der Waals surface area contributed by atoms with Gasteiger partial charge in [0, 0.05) is 18.3 Å². The molecule has 1 aromatic carbocycles. The largest absolute Gasteiger partial charge is 0.324 e. The maximum absolute atomic E-state index is 12.4. The summed E-state index contributed by atoms with van der Waals surface area (Å²) >= 11 is 7.24. The van der Waals surface area contributed by atoms with Crippen LogP contribution < -0.4 is 5.32 Å². The van der Waals surface area contributed by atoms with Crippen LogP contribution in [-0.4, -0.2) is 30.7 Å². The fourth-order valence-corrected chi connectivity index (χ4v) is 3.12. The van der Waals surface area contributed by atoms with Gasteiger partial charge in [0.15, 0.2) is 10.8 Å². The summed E-state index contributed by atoms with van der Waals surface area (Å²) in [6.45, 7) is 1.73. The van der Waals surface area contributed by atoms with Crippen LogP contribution in [0.1, 0.15) is 6.92 Å². The highest BCUT2D eigenvalue weighted by Gasteiger charge is 2.19. The van der Waals surface area contributed by atoms with E-state index in [0.29, 0.717) is 16.5 Å². The van der Waals surface area contributed by atoms with Gasteiger partial charge in [0.2, 0.25) is 5.91 Å². The van der Waals surface area contributed by atoms with E-state index in [4.69, 9.17) is 11.6 Å². The van der Waals surface area contributed by atoms with Crippen LogP contribution >= 0.6 is 23.4 Å². The highest BCUT2D eigenvalue weighted by atomic mass is 35.5. The highest BCUT2D eigenvalue weighted by molar-refractivity contribution is 8.00. The van der Waals surface area contributed by atoms with Gasteiger partial charge in [-0.25, -0.2) is 0 Å². The summed E-state index contributed by atoms with van der Waals surface area (Å²) in [4.78, 5) is 22.5. The van der Waals surface area contributed by atoms with Gasteiger partial charge >= 0.3 is 0 Å². The third-order valence-electron chi connectivity index (χ3n) is 3.36. The molecule has 0 aliphatic carbocycles. The molecule has 0 spiro atoms. The summed E-state index contributed by atoms with van der Waals surface area (Å²) in [7, 11) is 0. The second-order valence-corrected chi connectivity index (χ2v) is 6.80. The predicted molar refractivity (Wildman–Crippen MR) is 95.0 cm³/mol. The van der Waals surface area contributed by atoms with Gasteiger partial charge in [-0.05, 0) is 25.1 Å². The number of thioether (sulfide) groups is 1. The number of halogens is 1. The first-order valence-corrected chi connectivity index (χ1v) is 8.42. The smallest absolute Gasteiger partial charge is 0.271 e. The molecule has 0 unspecified atom stereocenters. The van der Waals surface area contributed by atoms with E-state index in [-0.39, 0.29) is 16.6 Å². The molecule has 10 heteroatoms. The van der Waals surface area contributed by atoms with E-state index in [1.54, 1.807) is 11.3 Å². The summed E-state index contributed by atoms with van der Waals surface area (Å²) in [6, 6.07) is 9.40. The Kier molecular flexibility index (Phi) is 4.86. The van der Waals surface area contributed by atoms with Crippen molar-refractivity contribution in [1.82, 2.24) is 14.6 Å². The number of rotatable bonds is 5. The summed E-state index contributed by atoms with van der Waals surface area (Å²) < 4.78 is 1.79. The SMILES string of the molecule is C[C@@H](Sc1nnc2ccccn12)C(=O)Nc1ccc([N+](=O)[O-])cc1Cl. The second-order valence-electron chi connectivity index (χ2n) is 5.08. The van der Waals surface area contributed by atoms with Gasteiger partial charge in [-0.3, -0.25) is 19.3 Å². The van der Waals surface area contributed by atoms with E-state index in [9.17, 15) is 14.9 Å². The lowest BCUT2D eigenvalue weighted by Gasteiger charge is -2.12. The Morgan fingerprint density at radius 3 is 2.88 bits per heavy atom. The fraction of sp³-hybridized carbons (Fsp3) is 0.133. The Bertz CT molecular complexity index is 961. The molecule has 0 radical (unpaired) electrons. The topological polar surface area (TPSA) is 102 Å². The normalized spacial score (nSPS) is 12.1. The maximum atomic E-state index is 12.4. The van der Waals surface area contributed by atoms with Gasteiger partial charge in [0.25, 0.3) is 5.69 Å². The Morgan fingerprint density at radius 1 is 1.36 bits per heavy atom. The average molecular weight is 378 g/mol. The zero-order chi connectivity index (χ0) is 18.0.